The van der Waals surface area contributed by atoms with Gasteiger partial charge in [-0.25, -0.2) is 9.59 Å². The molecule has 2 fully saturated rings. The van der Waals surface area contributed by atoms with Crippen LogP contribution in [0.1, 0.15) is 5.56 Å². The van der Waals surface area contributed by atoms with Crippen LogP contribution in [-0.2, 0) is 33.5 Å². The molecule has 1 aliphatic heterocycles. The number of phenols is 1. The SMILES string of the molecule is O=C1C=C[C@H]2[C@@H](C1=O)[C@@]1(O)C=C/C(=C3/C(=O)O/C(=C(/C(=O)O)c4ccc(O)cc4)C3=O)[C@@H]2C1=O. The van der Waals surface area contributed by atoms with E-state index >= 15 is 0 Å². The molecule has 1 aromatic carbocycles. The van der Waals surface area contributed by atoms with Crippen molar-refractivity contribution in [2.75, 3.05) is 0 Å². The highest BCUT2D eigenvalue weighted by atomic mass is 16.6. The van der Waals surface area contributed by atoms with Crippen molar-refractivity contribution in [3.63, 3.8) is 0 Å². The molecule has 3 aliphatic carbocycles. The molecule has 10 heteroatoms. The van der Waals surface area contributed by atoms with Crippen LogP contribution in [0.3, 0.4) is 0 Å². The molecule has 5 rings (SSSR count). The van der Waals surface area contributed by atoms with Crippen molar-refractivity contribution < 1.29 is 48.8 Å². The number of carbonyl (C=O) groups excluding carboxylic acids is 5. The highest BCUT2D eigenvalue weighted by molar-refractivity contribution is 6.44. The number of carboxylic acid groups (broad SMARTS) is 1. The minimum Gasteiger partial charge on any atom is -0.508 e. The van der Waals surface area contributed by atoms with Gasteiger partial charge in [0, 0.05) is 5.92 Å². The van der Waals surface area contributed by atoms with Crippen LogP contribution in [-0.4, -0.2) is 56.0 Å². The number of aliphatic carboxylic acids is 1. The summed E-state index contributed by atoms with van der Waals surface area (Å²) >= 11 is 0. The Morgan fingerprint density at radius 1 is 1.00 bits per heavy atom. The average molecular weight is 462 g/mol. The number of cyclic esters (lactones) is 1. The van der Waals surface area contributed by atoms with Crippen molar-refractivity contribution in [2.24, 2.45) is 17.8 Å². The van der Waals surface area contributed by atoms with Gasteiger partial charge in [0.1, 0.15) is 16.9 Å². The number of carbonyl (C=O) groups is 6. The van der Waals surface area contributed by atoms with Gasteiger partial charge in [0.15, 0.2) is 17.1 Å². The molecule has 0 aromatic heterocycles. The molecule has 1 saturated heterocycles. The molecule has 4 aliphatic rings. The number of Topliss-reactive ketones (excluding diaryl/α,β-unsaturated/α-hetero) is 3. The van der Waals surface area contributed by atoms with Gasteiger partial charge in [0.2, 0.25) is 17.3 Å². The van der Waals surface area contributed by atoms with Gasteiger partial charge in [0.25, 0.3) is 0 Å². The Bertz CT molecular complexity index is 1370. The van der Waals surface area contributed by atoms with Crippen LogP contribution in [0.15, 0.2) is 65.5 Å². The summed E-state index contributed by atoms with van der Waals surface area (Å²) in [5.74, 6) is -11.1. The number of rotatable bonds is 2. The lowest BCUT2D eigenvalue weighted by molar-refractivity contribution is -0.145. The zero-order valence-corrected chi connectivity index (χ0v) is 17.1. The Morgan fingerprint density at radius 2 is 1.68 bits per heavy atom. The fourth-order valence-corrected chi connectivity index (χ4v) is 4.98. The largest absolute Gasteiger partial charge is 0.508 e. The number of hydrogen-bond donors (Lipinski definition) is 3. The van der Waals surface area contributed by atoms with Gasteiger partial charge in [0.05, 0.1) is 11.8 Å². The molecule has 0 spiro atoms. The first-order chi connectivity index (χ1) is 16.1. The maximum absolute atomic E-state index is 13.2. The molecule has 2 bridgehead atoms. The van der Waals surface area contributed by atoms with E-state index in [1.54, 1.807) is 0 Å². The van der Waals surface area contributed by atoms with Crippen molar-refractivity contribution in [1.29, 1.82) is 0 Å². The second-order valence-corrected chi connectivity index (χ2v) is 8.25. The monoisotopic (exact) mass is 462 g/mol. The number of aliphatic hydroxyl groups is 1. The van der Waals surface area contributed by atoms with Crippen LogP contribution in [0.5, 0.6) is 5.75 Å². The Labute approximate surface area is 190 Å². The summed E-state index contributed by atoms with van der Waals surface area (Å²) in [5.41, 5.74) is -3.63. The molecule has 0 unspecified atom stereocenters. The molecule has 0 radical (unpaired) electrons. The first kappa shape index (κ1) is 21.4. The lowest BCUT2D eigenvalue weighted by Crippen LogP contribution is -2.46. The number of hydrogen-bond acceptors (Lipinski definition) is 9. The number of fused-ring (bicyclic) bond motifs is 5. The van der Waals surface area contributed by atoms with Gasteiger partial charge in [-0.15, -0.1) is 0 Å². The third-order valence-corrected chi connectivity index (χ3v) is 6.49. The van der Waals surface area contributed by atoms with E-state index in [9.17, 15) is 44.1 Å². The standard InChI is InChI=1S/C24H14O10/c25-10-3-1-9(2-4-10)14(22(30)31)20-19(28)16(23(32)34-20)11-7-8-24(33)17-12(15(11)21(24)29)5-6-13(26)18(17)27/h1-8,12,15,17,25,33H,(H,30,31)/b16-11-,20-14+/t12-,15+,17+,24+/m1/s1. The number of phenolic OH excluding ortho intramolecular Hbond substituents is 1. The molecule has 170 valence electrons. The van der Waals surface area contributed by atoms with Gasteiger partial charge in [-0.2, -0.15) is 0 Å². The average Bonchev–Trinajstić information content (AvgIpc) is 3.12. The van der Waals surface area contributed by atoms with E-state index in [0.29, 0.717) is 0 Å². The van der Waals surface area contributed by atoms with Crippen LogP contribution in [0.2, 0.25) is 0 Å². The third kappa shape index (κ3) is 2.72. The number of ketones is 4. The van der Waals surface area contributed by atoms with E-state index in [-0.39, 0.29) is 16.9 Å². The summed E-state index contributed by atoms with van der Waals surface area (Å²) in [6.45, 7) is 0. The van der Waals surface area contributed by atoms with Crippen LogP contribution < -0.4 is 0 Å². The summed E-state index contributed by atoms with van der Waals surface area (Å²) in [4.78, 5) is 75.2. The van der Waals surface area contributed by atoms with E-state index in [4.69, 9.17) is 4.74 Å². The van der Waals surface area contributed by atoms with Gasteiger partial charge >= 0.3 is 11.9 Å². The van der Waals surface area contributed by atoms with Gasteiger partial charge in [-0.1, -0.05) is 24.3 Å². The topological polar surface area (TPSA) is 172 Å². The van der Waals surface area contributed by atoms with Crippen molar-refractivity contribution >= 4 is 40.6 Å². The first-order valence-electron chi connectivity index (χ1n) is 10.1. The summed E-state index contributed by atoms with van der Waals surface area (Å²) in [5, 5.41) is 30.0. The number of benzene rings is 1. The fraction of sp³-hybridized carbons (Fsp3) is 0.167. The van der Waals surface area contributed by atoms with Crippen LogP contribution >= 0.6 is 0 Å². The van der Waals surface area contributed by atoms with E-state index in [0.717, 1.165) is 18.2 Å². The minimum atomic E-state index is -2.26. The van der Waals surface area contributed by atoms with E-state index < -0.39 is 75.3 Å². The molecule has 3 N–H and O–H groups in total. The highest BCUT2D eigenvalue weighted by Crippen LogP contribution is 2.52. The summed E-state index contributed by atoms with van der Waals surface area (Å²) in [7, 11) is 0. The minimum absolute atomic E-state index is 0.0161. The van der Waals surface area contributed by atoms with Gasteiger partial charge in [-0.05, 0) is 35.4 Å². The summed E-state index contributed by atoms with van der Waals surface area (Å²) in [6.07, 6.45) is 4.41. The molecular weight excluding hydrogens is 448 g/mol. The fourth-order valence-electron chi connectivity index (χ4n) is 4.98. The number of carboxylic acids is 1. The van der Waals surface area contributed by atoms with E-state index in [2.05, 4.69) is 0 Å². The maximum Gasteiger partial charge on any atom is 0.348 e. The van der Waals surface area contributed by atoms with Crippen molar-refractivity contribution in [2.45, 2.75) is 5.60 Å². The number of aromatic hydroxyl groups is 1. The molecule has 10 nitrogen and oxygen atoms in total. The molecule has 0 amide bonds. The second-order valence-electron chi connectivity index (χ2n) is 8.25. The normalized spacial score (nSPS) is 33.3. The van der Waals surface area contributed by atoms with Crippen molar-refractivity contribution in [1.82, 2.24) is 0 Å². The quantitative estimate of drug-likeness (QED) is 0.236. The van der Waals surface area contributed by atoms with Crippen LogP contribution in [0.25, 0.3) is 5.57 Å². The number of esters is 1. The Morgan fingerprint density at radius 3 is 2.32 bits per heavy atom. The molecule has 34 heavy (non-hydrogen) atoms. The van der Waals surface area contributed by atoms with Crippen LogP contribution in [0.4, 0.5) is 0 Å². The number of ether oxygens (including phenoxy) is 1. The van der Waals surface area contributed by atoms with Gasteiger partial charge < -0.3 is 20.1 Å². The Hall–Kier alpha value is -4.44. The lowest BCUT2D eigenvalue weighted by atomic mass is 9.77. The first-order valence-corrected chi connectivity index (χ1v) is 10.1. The highest BCUT2D eigenvalue weighted by Gasteiger charge is 2.65. The van der Waals surface area contributed by atoms with Crippen LogP contribution in [0, 0.1) is 17.8 Å². The summed E-state index contributed by atoms with van der Waals surface area (Å²) < 4.78 is 5.03. The predicted molar refractivity (Wildman–Crippen MR) is 110 cm³/mol. The second kappa shape index (κ2) is 7.03. The van der Waals surface area contributed by atoms with E-state index in [1.165, 1.54) is 30.3 Å². The Kier molecular flexibility index (Phi) is 4.42. The zero-order valence-electron chi connectivity index (χ0n) is 17.1. The predicted octanol–water partition coefficient (Wildman–Crippen LogP) is 0.0506. The number of allylic oxidation sites excluding steroid dienone is 5. The lowest BCUT2D eigenvalue weighted by Gasteiger charge is -2.27. The molecular formula is C24H14O10. The third-order valence-electron chi connectivity index (χ3n) is 6.49. The van der Waals surface area contributed by atoms with E-state index in [1.807, 2.05) is 0 Å². The molecule has 1 saturated carbocycles. The van der Waals surface area contributed by atoms with Crippen molar-refractivity contribution in [3.05, 3.63) is 71.0 Å². The molecule has 1 aromatic rings. The zero-order chi connectivity index (χ0) is 24.5. The summed E-state index contributed by atoms with van der Waals surface area (Å²) in [6, 6.07) is 4.82. The smallest absolute Gasteiger partial charge is 0.348 e. The maximum atomic E-state index is 13.2. The van der Waals surface area contributed by atoms with Crippen molar-refractivity contribution in [3.8, 4) is 5.75 Å². The van der Waals surface area contributed by atoms with Gasteiger partial charge in [-0.3, -0.25) is 19.2 Å². The molecule has 1 heterocycles. The molecule has 4 atom stereocenters. The Balaban J connectivity index is 1.68.